The SMILES string of the molecule is CCN(O)Cc1cc(Cl)c(OCc2cccc(-c3ccccc3)c2Br)cc1OCc1cccc(C#N)c1. The van der Waals surface area contributed by atoms with Crippen molar-refractivity contribution in [1.29, 1.82) is 5.26 Å². The molecule has 0 saturated carbocycles. The molecule has 5 nitrogen and oxygen atoms in total. The molecule has 0 unspecified atom stereocenters. The maximum absolute atomic E-state index is 10.1. The van der Waals surface area contributed by atoms with Gasteiger partial charge in [-0.15, -0.1) is 0 Å². The van der Waals surface area contributed by atoms with Crippen LogP contribution in [0.25, 0.3) is 11.1 Å². The second-order valence-corrected chi connectivity index (χ2v) is 9.61. The van der Waals surface area contributed by atoms with Crippen LogP contribution in [-0.4, -0.2) is 16.8 Å². The number of hydrogen-bond acceptors (Lipinski definition) is 5. The van der Waals surface area contributed by atoms with E-state index in [1.54, 1.807) is 24.3 Å². The summed E-state index contributed by atoms with van der Waals surface area (Å²) in [6.07, 6.45) is 0. The summed E-state index contributed by atoms with van der Waals surface area (Å²) < 4.78 is 13.2. The standard InChI is InChI=1S/C30H26BrClN2O3/c1-2-34(35)18-25-15-27(32)29(16-28(25)36-19-22-9-6-8-21(14-22)17-33)37-20-24-12-7-13-26(30(24)31)23-10-4-3-5-11-23/h3-16,35H,2,18-20H2,1H3. The van der Waals surface area contributed by atoms with E-state index in [-0.39, 0.29) is 13.2 Å². The number of rotatable bonds is 10. The molecule has 4 aromatic carbocycles. The van der Waals surface area contributed by atoms with Crippen molar-refractivity contribution >= 4 is 27.5 Å². The lowest BCUT2D eigenvalue weighted by molar-refractivity contribution is -0.0950. The van der Waals surface area contributed by atoms with E-state index in [9.17, 15) is 10.5 Å². The number of ether oxygens (including phenoxy) is 2. The molecule has 0 aromatic heterocycles. The van der Waals surface area contributed by atoms with Crippen LogP contribution in [0.4, 0.5) is 0 Å². The second-order valence-electron chi connectivity index (χ2n) is 8.41. The first-order chi connectivity index (χ1) is 18.0. The minimum absolute atomic E-state index is 0.245. The van der Waals surface area contributed by atoms with E-state index >= 15 is 0 Å². The molecular formula is C30H26BrClN2O3. The largest absolute Gasteiger partial charge is 0.488 e. The summed E-state index contributed by atoms with van der Waals surface area (Å²) in [6, 6.07) is 29.1. The highest BCUT2D eigenvalue weighted by Crippen LogP contribution is 2.36. The van der Waals surface area contributed by atoms with Crippen LogP contribution in [-0.2, 0) is 19.8 Å². The third-order valence-corrected chi connectivity index (χ3v) is 7.06. The van der Waals surface area contributed by atoms with Crippen molar-refractivity contribution in [2.24, 2.45) is 0 Å². The molecule has 4 rings (SSSR count). The molecule has 0 amide bonds. The third kappa shape index (κ3) is 6.91. The number of hydroxylamine groups is 2. The molecule has 0 radical (unpaired) electrons. The molecule has 0 aliphatic rings. The van der Waals surface area contributed by atoms with E-state index in [4.69, 9.17) is 21.1 Å². The third-order valence-electron chi connectivity index (χ3n) is 5.83. The Kier molecular flexibility index (Phi) is 9.21. The zero-order chi connectivity index (χ0) is 26.2. The van der Waals surface area contributed by atoms with E-state index in [0.29, 0.717) is 35.2 Å². The first-order valence-corrected chi connectivity index (χ1v) is 13.0. The van der Waals surface area contributed by atoms with Crippen LogP contribution in [0.1, 0.15) is 29.2 Å². The number of nitriles is 1. The highest BCUT2D eigenvalue weighted by atomic mass is 79.9. The summed E-state index contributed by atoms with van der Waals surface area (Å²) in [4.78, 5) is 0. The lowest BCUT2D eigenvalue weighted by Crippen LogP contribution is -2.18. The Hall–Kier alpha value is -3.34. The van der Waals surface area contributed by atoms with Gasteiger partial charge in [-0.05, 0) is 50.8 Å². The van der Waals surface area contributed by atoms with Crippen molar-refractivity contribution in [2.75, 3.05) is 6.54 Å². The second kappa shape index (κ2) is 12.8. The summed E-state index contributed by atoms with van der Waals surface area (Å²) in [7, 11) is 0. The van der Waals surface area contributed by atoms with Crippen LogP contribution >= 0.6 is 27.5 Å². The van der Waals surface area contributed by atoms with Crippen LogP contribution in [0.5, 0.6) is 11.5 Å². The van der Waals surface area contributed by atoms with Gasteiger partial charge in [0.05, 0.1) is 23.2 Å². The van der Waals surface area contributed by atoms with Crippen molar-refractivity contribution < 1.29 is 14.7 Å². The molecular weight excluding hydrogens is 552 g/mol. The molecule has 7 heteroatoms. The first kappa shape index (κ1) is 26.7. The highest BCUT2D eigenvalue weighted by Gasteiger charge is 2.15. The minimum Gasteiger partial charge on any atom is -0.488 e. The van der Waals surface area contributed by atoms with Crippen LogP contribution < -0.4 is 9.47 Å². The summed E-state index contributed by atoms with van der Waals surface area (Å²) >= 11 is 10.3. The van der Waals surface area contributed by atoms with Crippen LogP contribution in [0.15, 0.2) is 89.4 Å². The van der Waals surface area contributed by atoms with Gasteiger partial charge in [0.15, 0.2) is 0 Å². The van der Waals surface area contributed by atoms with Crippen molar-refractivity contribution in [2.45, 2.75) is 26.7 Å². The molecule has 1 N–H and O–H groups in total. The van der Waals surface area contributed by atoms with Gasteiger partial charge in [-0.3, -0.25) is 0 Å². The highest BCUT2D eigenvalue weighted by molar-refractivity contribution is 9.10. The van der Waals surface area contributed by atoms with Gasteiger partial charge in [-0.2, -0.15) is 10.3 Å². The molecule has 0 fully saturated rings. The van der Waals surface area contributed by atoms with Crippen LogP contribution in [0.3, 0.4) is 0 Å². The quantitative estimate of drug-likeness (QED) is 0.193. The molecule has 0 atom stereocenters. The Morgan fingerprint density at radius 2 is 1.65 bits per heavy atom. The lowest BCUT2D eigenvalue weighted by Gasteiger charge is -2.19. The zero-order valence-electron chi connectivity index (χ0n) is 20.3. The topological polar surface area (TPSA) is 65.7 Å². The van der Waals surface area contributed by atoms with Gasteiger partial charge in [0.25, 0.3) is 0 Å². The Balaban J connectivity index is 1.57. The maximum atomic E-state index is 10.1. The molecule has 0 aliphatic heterocycles. The van der Waals surface area contributed by atoms with Crippen molar-refractivity contribution in [3.8, 4) is 28.7 Å². The lowest BCUT2D eigenvalue weighted by atomic mass is 10.0. The summed E-state index contributed by atoms with van der Waals surface area (Å²) in [6.45, 7) is 3.10. The molecule has 0 saturated heterocycles. The Labute approximate surface area is 230 Å². The fourth-order valence-electron chi connectivity index (χ4n) is 3.83. The number of benzene rings is 4. The monoisotopic (exact) mass is 576 g/mol. The van der Waals surface area contributed by atoms with E-state index in [2.05, 4.69) is 40.2 Å². The molecule has 4 aromatic rings. The molecule has 37 heavy (non-hydrogen) atoms. The van der Waals surface area contributed by atoms with Gasteiger partial charge in [-0.1, -0.05) is 79.2 Å². The average molecular weight is 578 g/mol. The van der Waals surface area contributed by atoms with E-state index < -0.39 is 0 Å². The van der Waals surface area contributed by atoms with E-state index in [0.717, 1.165) is 32.3 Å². The van der Waals surface area contributed by atoms with Gasteiger partial charge >= 0.3 is 0 Å². The Bertz CT molecular complexity index is 1410. The normalized spacial score (nSPS) is 10.8. The summed E-state index contributed by atoms with van der Waals surface area (Å²) in [5, 5.41) is 20.9. The average Bonchev–Trinajstić information content (AvgIpc) is 2.93. The van der Waals surface area contributed by atoms with Gasteiger partial charge in [0.1, 0.15) is 24.7 Å². The molecule has 0 heterocycles. The predicted octanol–water partition coefficient (Wildman–Crippen LogP) is 8.01. The molecule has 0 bridgehead atoms. The minimum atomic E-state index is 0.245. The maximum Gasteiger partial charge on any atom is 0.142 e. The molecule has 0 aliphatic carbocycles. The fraction of sp³-hybridized carbons (Fsp3) is 0.167. The van der Waals surface area contributed by atoms with Gasteiger partial charge in [-0.25, -0.2) is 0 Å². The van der Waals surface area contributed by atoms with Crippen molar-refractivity contribution in [3.05, 3.63) is 117 Å². The number of nitrogens with zero attached hydrogens (tertiary/aromatic N) is 2. The number of halogens is 2. The predicted molar refractivity (Wildman–Crippen MR) is 149 cm³/mol. The summed E-state index contributed by atoms with van der Waals surface area (Å²) in [5.74, 6) is 1.02. The molecule has 0 spiro atoms. The smallest absolute Gasteiger partial charge is 0.142 e. The summed E-state index contributed by atoms with van der Waals surface area (Å²) in [5.41, 5.74) is 5.32. The Morgan fingerprint density at radius 1 is 0.892 bits per heavy atom. The van der Waals surface area contributed by atoms with E-state index in [1.165, 1.54) is 5.06 Å². The van der Waals surface area contributed by atoms with E-state index in [1.807, 2.05) is 49.4 Å². The van der Waals surface area contributed by atoms with Crippen molar-refractivity contribution in [1.82, 2.24) is 5.06 Å². The van der Waals surface area contributed by atoms with Gasteiger partial charge in [0.2, 0.25) is 0 Å². The Morgan fingerprint density at radius 3 is 2.41 bits per heavy atom. The zero-order valence-corrected chi connectivity index (χ0v) is 22.7. The first-order valence-electron chi connectivity index (χ1n) is 11.8. The number of hydrogen-bond donors (Lipinski definition) is 1. The van der Waals surface area contributed by atoms with Crippen molar-refractivity contribution in [3.63, 3.8) is 0 Å². The fourth-order valence-corrected chi connectivity index (χ4v) is 4.68. The van der Waals surface area contributed by atoms with Crippen LogP contribution in [0, 0.1) is 11.3 Å². The van der Waals surface area contributed by atoms with Crippen LogP contribution in [0.2, 0.25) is 5.02 Å². The van der Waals surface area contributed by atoms with Gasteiger partial charge < -0.3 is 14.7 Å². The molecule has 188 valence electrons. The van der Waals surface area contributed by atoms with Gasteiger partial charge in [0, 0.05) is 28.2 Å².